The molecule has 0 radical (unpaired) electrons. The summed E-state index contributed by atoms with van der Waals surface area (Å²) < 4.78 is 15.8. The Morgan fingerprint density at radius 3 is 2.55 bits per heavy atom. The minimum atomic E-state index is -0.520. The largest absolute Gasteiger partial charge is 0.497 e. The molecule has 162 valence electrons. The predicted molar refractivity (Wildman–Crippen MR) is 120 cm³/mol. The van der Waals surface area contributed by atoms with Crippen LogP contribution in [0.4, 0.5) is 0 Å². The van der Waals surface area contributed by atoms with Crippen LogP contribution in [0.1, 0.15) is 18.1 Å². The van der Waals surface area contributed by atoms with E-state index in [9.17, 15) is 14.9 Å². The first-order valence-electron chi connectivity index (χ1n) is 9.18. The Hall–Kier alpha value is -3.02. The smallest absolute Gasteiger partial charge is 0.344 e. The summed E-state index contributed by atoms with van der Waals surface area (Å²) in [4.78, 5) is 23.9. The van der Waals surface area contributed by atoms with Crippen LogP contribution in [0.25, 0.3) is 6.08 Å². The molecule has 0 fully saturated rings. The van der Waals surface area contributed by atoms with Gasteiger partial charge in [-0.1, -0.05) is 23.7 Å². The highest BCUT2D eigenvalue weighted by atomic mass is 79.9. The lowest BCUT2D eigenvalue weighted by molar-refractivity contribution is -0.145. The van der Waals surface area contributed by atoms with Crippen LogP contribution in [-0.4, -0.2) is 32.2 Å². The third kappa shape index (κ3) is 7.31. The first kappa shape index (κ1) is 24.3. The number of nitriles is 1. The van der Waals surface area contributed by atoms with Crippen LogP contribution in [0.2, 0.25) is 5.02 Å². The van der Waals surface area contributed by atoms with Gasteiger partial charge in [0.15, 0.2) is 12.4 Å². The molecule has 1 N–H and O–H groups in total. The second-order valence-corrected chi connectivity index (χ2v) is 7.37. The molecular weight excluding hydrogens is 488 g/mol. The van der Waals surface area contributed by atoms with Crippen LogP contribution in [-0.2, 0) is 20.9 Å². The van der Waals surface area contributed by atoms with Crippen LogP contribution < -0.4 is 14.8 Å². The van der Waals surface area contributed by atoms with E-state index in [1.807, 2.05) is 18.2 Å². The van der Waals surface area contributed by atoms with E-state index in [1.165, 1.54) is 12.1 Å². The molecule has 0 heterocycles. The molecule has 0 aromatic heterocycles. The van der Waals surface area contributed by atoms with Crippen molar-refractivity contribution in [2.75, 3.05) is 20.3 Å². The molecule has 7 nitrogen and oxygen atoms in total. The summed E-state index contributed by atoms with van der Waals surface area (Å²) >= 11 is 9.56. The molecule has 31 heavy (non-hydrogen) atoms. The number of rotatable bonds is 9. The maximum atomic E-state index is 12.4. The normalized spacial score (nSPS) is 10.7. The van der Waals surface area contributed by atoms with E-state index in [4.69, 9.17) is 25.8 Å². The second kappa shape index (κ2) is 12.0. The number of carbonyl (C=O) groups is 2. The van der Waals surface area contributed by atoms with Gasteiger partial charge in [0.1, 0.15) is 17.4 Å². The van der Waals surface area contributed by atoms with Gasteiger partial charge < -0.3 is 19.5 Å². The SMILES string of the molecule is CCOC(=O)COc1c(Cl)cc(/C=C(/C#N)C(=O)NCc2ccc(OC)cc2)cc1Br. The molecule has 0 aliphatic carbocycles. The Labute approximate surface area is 193 Å². The van der Waals surface area contributed by atoms with Crippen molar-refractivity contribution in [3.63, 3.8) is 0 Å². The summed E-state index contributed by atoms with van der Waals surface area (Å²) in [6.45, 7) is 1.91. The molecule has 9 heteroatoms. The van der Waals surface area contributed by atoms with E-state index in [0.29, 0.717) is 15.8 Å². The molecule has 0 saturated heterocycles. The number of halogens is 2. The van der Waals surface area contributed by atoms with Gasteiger partial charge in [-0.3, -0.25) is 4.79 Å². The number of amides is 1. The third-order valence-corrected chi connectivity index (χ3v) is 4.82. The van der Waals surface area contributed by atoms with Gasteiger partial charge in [0.2, 0.25) is 0 Å². The van der Waals surface area contributed by atoms with Crippen LogP contribution in [0.5, 0.6) is 11.5 Å². The summed E-state index contributed by atoms with van der Waals surface area (Å²) in [6, 6.07) is 12.3. The molecule has 0 saturated carbocycles. The molecule has 0 aliphatic rings. The van der Waals surface area contributed by atoms with Gasteiger partial charge in [-0.05, 0) is 64.3 Å². The second-order valence-electron chi connectivity index (χ2n) is 6.11. The molecule has 0 spiro atoms. The summed E-state index contributed by atoms with van der Waals surface area (Å²) in [7, 11) is 1.57. The average molecular weight is 508 g/mol. The molecule has 2 aromatic rings. The summed E-state index contributed by atoms with van der Waals surface area (Å²) in [6.07, 6.45) is 1.41. The number of carbonyl (C=O) groups excluding carboxylic acids is 2. The van der Waals surface area contributed by atoms with E-state index >= 15 is 0 Å². The molecule has 1 amide bonds. The van der Waals surface area contributed by atoms with E-state index in [2.05, 4.69) is 21.2 Å². The van der Waals surface area contributed by atoms with Crippen LogP contribution in [0.3, 0.4) is 0 Å². The van der Waals surface area contributed by atoms with E-state index < -0.39 is 11.9 Å². The van der Waals surface area contributed by atoms with E-state index in [1.54, 1.807) is 32.2 Å². The topological polar surface area (TPSA) is 97.7 Å². The van der Waals surface area contributed by atoms with Crippen molar-refractivity contribution < 1.29 is 23.8 Å². The van der Waals surface area contributed by atoms with Gasteiger partial charge in [-0.25, -0.2) is 4.79 Å². The Morgan fingerprint density at radius 1 is 1.26 bits per heavy atom. The van der Waals surface area contributed by atoms with Crippen molar-refractivity contribution in [1.82, 2.24) is 5.32 Å². The Morgan fingerprint density at radius 2 is 1.97 bits per heavy atom. The first-order valence-corrected chi connectivity index (χ1v) is 10.3. The maximum absolute atomic E-state index is 12.4. The zero-order valence-corrected chi connectivity index (χ0v) is 19.2. The fraction of sp³-hybridized carbons (Fsp3) is 0.227. The molecule has 0 bridgehead atoms. The van der Waals surface area contributed by atoms with E-state index in [-0.39, 0.29) is 36.1 Å². The lowest BCUT2D eigenvalue weighted by Gasteiger charge is -2.11. The highest BCUT2D eigenvalue weighted by Gasteiger charge is 2.14. The Kier molecular flexibility index (Phi) is 9.38. The monoisotopic (exact) mass is 506 g/mol. The molecule has 2 aromatic carbocycles. The van der Waals surface area contributed by atoms with E-state index in [0.717, 1.165) is 5.56 Å². The number of methoxy groups -OCH3 is 1. The van der Waals surface area contributed by atoms with Crippen LogP contribution >= 0.6 is 27.5 Å². The van der Waals surface area contributed by atoms with Gasteiger partial charge in [0.05, 0.1) is 23.2 Å². The molecule has 2 rings (SSSR count). The number of ether oxygens (including phenoxy) is 3. The first-order chi connectivity index (χ1) is 14.9. The molecule has 0 unspecified atom stereocenters. The Balaban J connectivity index is 2.09. The van der Waals surface area contributed by atoms with Crippen LogP contribution in [0.15, 0.2) is 46.4 Å². The fourth-order valence-electron chi connectivity index (χ4n) is 2.47. The average Bonchev–Trinajstić information content (AvgIpc) is 2.75. The molecular formula is C22H20BrClN2O5. The van der Waals surface area contributed by atoms with Crippen molar-refractivity contribution in [3.05, 3.63) is 62.6 Å². The highest BCUT2D eigenvalue weighted by molar-refractivity contribution is 9.10. The predicted octanol–water partition coefficient (Wildman–Crippen LogP) is 4.28. The zero-order valence-electron chi connectivity index (χ0n) is 16.9. The van der Waals surface area contributed by atoms with Crippen molar-refractivity contribution in [2.45, 2.75) is 13.5 Å². The van der Waals surface area contributed by atoms with Crippen molar-refractivity contribution in [2.24, 2.45) is 0 Å². The van der Waals surface area contributed by atoms with Crippen LogP contribution in [0, 0.1) is 11.3 Å². The number of nitrogens with zero attached hydrogens (tertiary/aromatic N) is 1. The third-order valence-electron chi connectivity index (χ3n) is 3.95. The fourth-order valence-corrected chi connectivity index (χ4v) is 3.46. The lowest BCUT2D eigenvalue weighted by Crippen LogP contribution is -2.23. The van der Waals surface area contributed by atoms with Crippen molar-refractivity contribution >= 4 is 45.5 Å². The number of nitrogens with one attached hydrogen (secondary N) is 1. The number of esters is 1. The molecule has 0 aliphatic heterocycles. The molecule has 0 atom stereocenters. The maximum Gasteiger partial charge on any atom is 0.344 e. The summed E-state index contributed by atoms with van der Waals surface area (Å²) in [5, 5.41) is 12.3. The number of hydrogen-bond donors (Lipinski definition) is 1. The quantitative estimate of drug-likeness (QED) is 0.309. The number of hydrogen-bond acceptors (Lipinski definition) is 6. The van der Waals surface area contributed by atoms with Crippen molar-refractivity contribution in [1.29, 1.82) is 5.26 Å². The van der Waals surface area contributed by atoms with Crippen molar-refractivity contribution in [3.8, 4) is 17.6 Å². The summed E-state index contributed by atoms with van der Waals surface area (Å²) in [5.74, 6) is -0.0675. The highest BCUT2D eigenvalue weighted by Crippen LogP contribution is 2.35. The minimum Gasteiger partial charge on any atom is -0.497 e. The lowest BCUT2D eigenvalue weighted by atomic mass is 10.1. The number of benzene rings is 2. The van der Waals surface area contributed by atoms with Gasteiger partial charge in [0.25, 0.3) is 5.91 Å². The Bertz CT molecular complexity index is 993. The zero-order chi connectivity index (χ0) is 22.8. The van der Waals surface area contributed by atoms with Gasteiger partial charge >= 0.3 is 5.97 Å². The standard InChI is InChI=1S/C22H20BrClN2O5/c1-3-30-20(27)13-31-21-18(23)9-15(10-19(21)24)8-16(11-25)22(28)26-12-14-4-6-17(29-2)7-5-14/h4-10H,3,12-13H2,1-2H3,(H,26,28)/b16-8-. The van der Waals surface area contributed by atoms with Gasteiger partial charge in [-0.15, -0.1) is 0 Å². The van der Waals surface area contributed by atoms with Gasteiger partial charge in [-0.2, -0.15) is 5.26 Å². The summed E-state index contributed by atoms with van der Waals surface area (Å²) in [5.41, 5.74) is 1.29. The minimum absolute atomic E-state index is 0.0864. The van der Waals surface area contributed by atoms with Gasteiger partial charge in [0, 0.05) is 6.54 Å².